The van der Waals surface area contributed by atoms with Gasteiger partial charge in [-0.25, -0.2) is 0 Å². The van der Waals surface area contributed by atoms with Gasteiger partial charge in [-0.2, -0.15) is 0 Å². The smallest absolute Gasteiger partial charge is 0.306 e. The fourth-order valence-electron chi connectivity index (χ4n) is 9.22. The molecular weight excluding hydrogens is 1010 g/mol. The van der Waals surface area contributed by atoms with Crippen LogP contribution in [-0.2, 0) is 33.3 Å². The minimum Gasteiger partial charge on any atom is -0.545 e. The average molecular weight is 1130 g/mol. The molecule has 0 amide bonds. The predicted octanol–water partition coefficient (Wildman–Crippen LogP) is 19.1. The van der Waals surface area contributed by atoms with Crippen LogP contribution in [0.4, 0.5) is 0 Å². The Morgan fingerprint density at radius 2 is 0.704 bits per heavy atom. The lowest BCUT2D eigenvalue weighted by Gasteiger charge is -2.26. The van der Waals surface area contributed by atoms with E-state index in [0.29, 0.717) is 17.4 Å². The number of hydrogen-bond donors (Lipinski definition) is 0. The monoisotopic (exact) mass is 1130 g/mol. The fourth-order valence-corrected chi connectivity index (χ4v) is 9.22. The summed E-state index contributed by atoms with van der Waals surface area (Å²) in [4.78, 5) is 37.5. The molecule has 81 heavy (non-hydrogen) atoms. The summed E-state index contributed by atoms with van der Waals surface area (Å²) in [6, 6.07) is 0. The second-order valence-corrected chi connectivity index (χ2v) is 23.4. The van der Waals surface area contributed by atoms with E-state index in [9.17, 15) is 19.5 Å². The van der Waals surface area contributed by atoms with Crippen molar-refractivity contribution in [2.24, 2.45) is 0 Å². The average Bonchev–Trinajstić information content (AvgIpc) is 3.44. The molecule has 0 spiro atoms. The van der Waals surface area contributed by atoms with Gasteiger partial charge < -0.3 is 33.3 Å². The minimum atomic E-state index is -1.63. The number of carbonyl (C=O) groups is 3. The van der Waals surface area contributed by atoms with Crippen LogP contribution in [0.3, 0.4) is 0 Å². The minimum absolute atomic E-state index is 0.143. The third-order valence-corrected chi connectivity index (χ3v) is 14.3. The van der Waals surface area contributed by atoms with Gasteiger partial charge in [0.1, 0.15) is 13.2 Å². The van der Waals surface area contributed by atoms with Crippen LogP contribution in [0, 0.1) is 0 Å². The van der Waals surface area contributed by atoms with E-state index in [2.05, 4.69) is 111 Å². The SMILES string of the molecule is CC/C=C\C/C=C\C/C=C\C/C=C\C/C=C\C/C=C\CCCCCCCCCCCCC(=O)OC(COC(=O)CCCCCCCCCCCCCCCCC/C=C\C/C=C\CCCCCCC)COC(OCC[N+](C)(C)C)C(=O)[O-]. The van der Waals surface area contributed by atoms with Crippen LogP contribution in [0.5, 0.6) is 0 Å². The molecule has 0 aromatic carbocycles. The second-order valence-electron chi connectivity index (χ2n) is 23.4. The number of carbonyl (C=O) groups excluding carboxylic acids is 3. The number of unbranched alkanes of at least 4 members (excludes halogenated alkanes) is 30. The van der Waals surface area contributed by atoms with Crippen molar-refractivity contribution in [1.29, 1.82) is 0 Å². The van der Waals surface area contributed by atoms with E-state index in [1.807, 2.05) is 21.1 Å². The molecule has 0 N–H and O–H groups in total. The summed E-state index contributed by atoms with van der Waals surface area (Å²) in [5.41, 5.74) is 0. The number of allylic oxidation sites excluding steroid dienone is 16. The molecule has 0 rings (SSSR count). The Balaban J connectivity index is 4.17. The van der Waals surface area contributed by atoms with Crippen LogP contribution in [0.25, 0.3) is 0 Å². The maximum absolute atomic E-state index is 12.9. The largest absolute Gasteiger partial charge is 0.545 e. The van der Waals surface area contributed by atoms with Gasteiger partial charge in [-0.05, 0) is 96.3 Å². The van der Waals surface area contributed by atoms with E-state index >= 15 is 0 Å². The van der Waals surface area contributed by atoms with Crippen LogP contribution in [0.15, 0.2) is 97.2 Å². The molecule has 0 bridgehead atoms. The summed E-state index contributed by atoms with van der Waals surface area (Å²) in [5, 5.41) is 11.8. The number of esters is 2. The Kier molecular flexibility index (Phi) is 59.3. The van der Waals surface area contributed by atoms with Crippen molar-refractivity contribution in [2.75, 3.05) is 47.5 Å². The number of ether oxygens (including phenoxy) is 4. The highest BCUT2D eigenvalue weighted by Crippen LogP contribution is 2.17. The Hall–Kier alpha value is -3.79. The number of quaternary nitrogens is 1. The number of likely N-dealkylation sites (N-methyl/N-ethyl adjacent to an activating group) is 1. The lowest BCUT2D eigenvalue weighted by atomic mass is 10.0. The molecular formula is C72H125NO8. The predicted molar refractivity (Wildman–Crippen MR) is 343 cm³/mol. The van der Waals surface area contributed by atoms with Gasteiger partial charge in [0.2, 0.25) is 0 Å². The molecule has 0 aromatic rings. The first-order chi connectivity index (χ1) is 39.6. The molecule has 0 aliphatic carbocycles. The molecule has 0 saturated heterocycles. The summed E-state index contributed by atoms with van der Waals surface area (Å²) in [7, 11) is 5.93. The van der Waals surface area contributed by atoms with Crippen molar-refractivity contribution < 1.29 is 42.9 Å². The van der Waals surface area contributed by atoms with Crippen molar-refractivity contribution in [3.05, 3.63) is 97.2 Å². The van der Waals surface area contributed by atoms with E-state index in [4.69, 9.17) is 18.9 Å². The number of hydrogen-bond acceptors (Lipinski definition) is 8. The van der Waals surface area contributed by atoms with Gasteiger partial charge >= 0.3 is 11.9 Å². The number of carboxylic acid groups (broad SMARTS) is 1. The highest BCUT2D eigenvalue weighted by Gasteiger charge is 2.22. The third kappa shape index (κ3) is 63.6. The third-order valence-electron chi connectivity index (χ3n) is 14.3. The van der Waals surface area contributed by atoms with Crippen LogP contribution in [-0.4, -0.2) is 82.3 Å². The molecule has 2 unspecified atom stereocenters. The molecule has 0 fully saturated rings. The van der Waals surface area contributed by atoms with E-state index in [1.54, 1.807) is 0 Å². The lowest BCUT2D eigenvalue weighted by Crippen LogP contribution is -2.44. The molecule has 9 nitrogen and oxygen atoms in total. The van der Waals surface area contributed by atoms with Crippen molar-refractivity contribution in [3.63, 3.8) is 0 Å². The summed E-state index contributed by atoms with van der Waals surface area (Å²) in [6.07, 6.45) is 81.8. The van der Waals surface area contributed by atoms with Crippen LogP contribution >= 0.6 is 0 Å². The number of nitrogens with zero attached hydrogens (tertiary/aromatic N) is 1. The number of carboxylic acids is 1. The lowest BCUT2D eigenvalue weighted by molar-refractivity contribution is -0.870. The van der Waals surface area contributed by atoms with Crippen molar-refractivity contribution >= 4 is 17.9 Å². The first kappa shape index (κ1) is 77.2. The standard InChI is InChI=1S/C72H125NO8/c1-6-8-10-12-14-16-18-20-22-24-26-28-30-32-34-35-37-39-41-43-45-47-49-51-53-55-57-59-61-63-70(75)81-68(67-80-72(71(76)77)78-65-64-73(3,4)5)66-79-69(74)62-60-58-56-54-52-50-48-46-44-42-40-38-36-33-31-29-27-25-23-21-19-17-15-13-11-9-7-2/h8,10,14,16,19-22,25-28,32,34,37,39,68,72H,6-7,9,11-13,15,17-18,23-24,29-31,33,35-36,38,40-67H2,1-5H3/b10-8-,16-14-,21-19-,22-20-,27-25-,28-26-,34-32-,39-37-. The Labute approximate surface area is 499 Å². The van der Waals surface area contributed by atoms with E-state index in [0.717, 1.165) is 89.9 Å². The van der Waals surface area contributed by atoms with Crippen LogP contribution in [0.1, 0.15) is 284 Å². The van der Waals surface area contributed by atoms with Crippen LogP contribution < -0.4 is 5.11 Å². The molecule has 2 atom stereocenters. The van der Waals surface area contributed by atoms with Gasteiger partial charge in [-0.3, -0.25) is 9.59 Å². The first-order valence-electron chi connectivity index (χ1n) is 33.4. The normalized spacial score (nSPS) is 13.3. The molecule has 9 heteroatoms. The zero-order valence-corrected chi connectivity index (χ0v) is 53.1. The van der Waals surface area contributed by atoms with Crippen molar-refractivity contribution in [3.8, 4) is 0 Å². The highest BCUT2D eigenvalue weighted by molar-refractivity contribution is 5.70. The summed E-state index contributed by atoms with van der Waals surface area (Å²) in [6.45, 7) is 4.64. The number of rotatable bonds is 61. The Bertz CT molecular complexity index is 1650. The molecule has 0 radical (unpaired) electrons. The summed E-state index contributed by atoms with van der Waals surface area (Å²) < 4.78 is 22.8. The molecule has 0 saturated carbocycles. The molecule has 0 heterocycles. The van der Waals surface area contributed by atoms with Crippen LogP contribution in [0.2, 0.25) is 0 Å². The molecule has 0 aliphatic heterocycles. The van der Waals surface area contributed by atoms with E-state index < -0.39 is 24.3 Å². The molecule has 0 aromatic heterocycles. The topological polar surface area (TPSA) is 111 Å². The summed E-state index contributed by atoms with van der Waals surface area (Å²) >= 11 is 0. The summed E-state index contributed by atoms with van der Waals surface area (Å²) in [5.74, 6) is -2.28. The Morgan fingerprint density at radius 1 is 0.383 bits per heavy atom. The van der Waals surface area contributed by atoms with E-state index in [1.165, 1.54) is 161 Å². The Morgan fingerprint density at radius 3 is 1.05 bits per heavy atom. The molecule has 0 aliphatic rings. The highest BCUT2D eigenvalue weighted by atomic mass is 16.7. The first-order valence-corrected chi connectivity index (χ1v) is 33.4. The van der Waals surface area contributed by atoms with Crippen molar-refractivity contribution in [1.82, 2.24) is 0 Å². The zero-order valence-electron chi connectivity index (χ0n) is 53.1. The van der Waals surface area contributed by atoms with Crippen molar-refractivity contribution in [2.45, 2.75) is 296 Å². The number of aliphatic carboxylic acids is 1. The van der Waals surface area contributed by atoms with Gasteiger partial charge in [0.25, 0.3) is 0 Å². The van der Waals surface area contributed by atoms with Gasteiger partial charge in [-0.15, -0.1) is 0 Å². The maximum atomic E-state index is 12.9. The van der Waals surface area contributed by atoms with Gasteiger partial charge in [0.15, 0.2) is 12.4 Å². The molecule has 466 valence electrons. The zero-order chi connectivity index (χ0) is 59.1. The fraction of sp³-hybridized carbons (Fsp3) is 0.736. The van der Waals surface area contributed by atoms with Gasteiger partial charge in [0, 0.05) is 12.8 Å². The van der Waals surface area contributed by atoms with Gasteiger partial charge in [-0.1, -0.05) is 272 Å². The van der Waals surface area contributed by atoms with E-state index in [-0.39, 0.29) is 38.6 Å². The quantitative estimate of drug-likeness (QED) is 0.0195. The van der Waals surface area contributed by atoms with Gasteiger partial charge in [0.05, 0.1) is 40.3 Å². The second kappa shape index (κ2) is 62.3. The maximum Gasteiger partial charge on any atom is 0.306 e.